The quantitative estimate of drug-likeness (QED) is 0.458. The molecule has 1 unspecified atom stereocenters. The van der Waals surface area contributed by atoms with Crippen molar-refractivity contribution in [2.24, 2.45) is 0 Å². The van der Waals surface area contributed by atoms with Crippen LogP contribution in [-0.2, 0) is 15.1 Å². The van der Waals surface area contributed by atoms with Gasteiger partial charge in [-0.2, -0.15) is 0 Å². The molecule has 3 rings (SSSR count). The number of hydrogen-bond donors (Lipinski definition) is 1. The second-order valence-electron chi connectivity index (χ2n) is 6.72. The van der Waals surface area contributed by atoms with Crippen LogP contribution in [0.2, 0.25) is 0 Å². The van der Waals surface area contributed by atoms with Gasteiger partial charge in [-0.05, 0) is 43.7 Å². The van der Waals surface area contributed by atoms with Gasteiger partial charge >= 0.3 is 6.03 Å². The molecule has 0 bridgehead atoms. The Hall–Kier alpha value is -3.75. The van der Waals surface area contributed by atoms with Crippen molar-refractivity contribution in [1.29, 1.82) is 0 Å². The highest BCUT2D eigenvalue weighted by Crippen LogP contribution is 2.30. The first-order valence-corrected chi connectivity index (χ1v) is 9.02. The molecule has 0 aromatic heterocycles. The molecule has 29 heavy (non-hydrogen) atoms. The fourth-order valence-corrected chi connectivity index (χ4v) is 3.28. The molecule has 1 fully saturated rings. The first-order valence-electron chi connectivity index (χ1n) is 9.02. The van der Waals surface area contributed by atoms with E-state index < -0.39 is 34.9 Å². The van der Waals surface area contributed by atoms with Gasteiger partial charge in [0.05, 0.1) is 4.92 Å². The molecule has 2 aromatic carbocycles. The van der Waals surface area contributed by atoms with Gasteiger partial charge in [-0.15, -0.1) is 0 Å². The molecule has 9 nitrogen and oxygen atoms in total. The minimum absolute atomic E-state index is 0.123. The lowest BCUT2D eigenvalue weighted by Crippen LogP contribution is -2.44. The maximum atomic E-state index is 13.0. The van der Waals surface area contributed by atoms with Gasteiger partial charge in [0.25, 0.3) is 11.6 Å². The van der Waals surface area contributed by atoms with Crippen LogP contribution in [0.25, 0.3) is 0 Å². The molecule has 150 valence electrons. The third kappa shape index (κ3) is 3.66. The Balaban J connectivity index is 1.81. The third-order valence-electron chi connectivity index (χ3n) is 4.91. The molecule has 1 N–H and O–H groups in total. The summed E-state index contributed by atoms with van der Waals surface area (Å²) in [6.07, 6.45) is 0. The number of nitro benzene ring substituents is 1. The molecule has 4 amide bonds. The summed E-state index contributed by atoms with van der Waals surface area (Å²) in [5.41, 5.74) is -0.462. The highest BCUT2D eigenvalue weighted by Gasteiger charge is 2.49. The number of anilines is 1. The Morgan fingerprint density at radius 2 is 1.76 bits per heavy atom. The molecule has 0 radical (unpaired) electrons. The first kappa shape index (κ1) is 20.0. The second kappa shape index (κ2) is 7.70. The minimum Gasteiger partial charge on any atom is -0.319 e. The predicted octanol–water partition coefficient (Wildman–Crippen LogP) is 2.41. The number of benzene rings is 2. The molecule has 2 aromatic rings. The molecular formula is C20H20N4O5. The predicted molar refractivity (Wildman–Crippen MR) is 105 cm³/mol. The summed E-state index contributed by atoms with van der Waals surface area (Å²) in [6.45, 7) is 3.29. The van der Waals surface area contributed by atoms with Crippen molar-refractivity contribution >= 4 is 29.2 Å². The van der Waals surface area contributed by atoms with E-state index in [0.717, 1.165) is 4.90 Å². The fraction of sp³-hybridized carbons (Fsp3) is 0.250. The van der Waals surface area contributed by atoms with Gasteiger partial charge in [0.1, 0.15) is 12.1 Å². The summed E-state index contributed by atoms with van der Waals surface area (Å²) in [7, 11) is 0. The normalized spacial score (nSPS) is 18.5. The van der Waals surface area contributed by atoms with Crippen molar-refractivity contribution in [3.05, 3.63) is 70.3 Å². The van der Waals surface area contributed by atoms with Crippen LogP contribution in [0.1, 0.15) is 19.4 Å². The number of non-ortho nitro benzene ring substituents is 1. The lowest BCUT2D eigenvalue weighted by Gasteiger charge is -2.24. The largest absolute Gasteiger partial charge is 0.325 e. The number of nitro groups is 1. The summed E-state index contributed by atoms with van der Waals surface area (Å²) >= 11 is 0. The van der Waals surface area contributed by atoms with Crippen molar-refractivity contribution < 1.29 is 19.3 Å². The number of rotatable bonds is 6. The Labute approximate surface area is 167 Å². The van der Waals surface area contributed by atoms with E-state index in [1.165, 1.54) is 36.1 Å². The average Bonchev–Trinajstić information content (AvgIpc) is 2.93. The monoisotopic (exact) mass is 396 g/mol. The van der Waals surface area contributed by atoms with E-state index in [4.69, 9.17) is 0 Å². The molecule has 1 atom stereocenters. The Kier molecular flexibility index (Phi) is 5.31. The van der Waals surface area contributed by atoms with Crippen LogP contribution in [-0.4, -0.2) is 40.8 Å². The van der Waals surface area contributed by atoms with E-state index in [9.17, 15) is 24.5 Å². The number of likely N-dealkylation sites (N-methyl/N-ethyl adjacent to an activating group) is 1. The van der Waals surface area contributed by atoms with Crippen LogP contribution in [0.5, 0.6) is 0 Å². The van der Waals surface area contributed by atoms with E-state index in [-0.39, 0.29) is 5.69 Å². The number of amides is 4. The van der Waals surface area contributed by atoms with E-state index >= 15 is 0 Å². The highest BCUT2D eigenvalue weighted by molar-refractivity contribution is 6.10. The molecule has 0 spiro atoms. The van der Waals surface area contributed by atoms with Crippen LogP contribution < -0.4 is 10.2 Å². The standard InChI is InChI=1S/C20H20N4O5/c1-3-22(15-7-5-4-6-8-15)17(25)13-23-18(26)20(2,21-19(23)27)14-9-11-16(12-10-14)24(28)29/h4-12H,3,13H2,1-2H3,(H,21,27). The van der Waals surface area contributed by atoms with Crippen molar-refractivity contribution in [2.75, 3.05) is 18.0 Å². The van der Waals surface area contributed by atoms with Crippen molar-refractivity contribution in [2.45, 2.75) is 19.4 Å². The SMILES string of the molecule is CCN(C(=O)CN1C(=O)NC(C)(c2ccc([N+](=O)[O-])cc2)C1=O)c1ccccc1. The van der Waals surface area contributed by atoms with Gasteiger partial charge in [-0.25, -0.2) is 4.79 Å². The number of nitrogens with zero attached hydrogens (tertiary/aromatic N) is 3. The van der Waals surface area contributed by atoms with E-state index in [1.54, 1.807) is 31.2 Å². The van der Waals surface area contributed by atoms with Crippen molar-refractivity contribution in [1.82, 2.24) is 10.2 Å². The number of imide groups is 1. The highest BCUT2D eigenvalue weighted by atomic mass is 16.6. The smallest absolute Gasteiger partial charge is 0.319 e. The van der Waals surface area contributed by atoms with Gasteiger partial charge < -0.3 is 10.2 Å². The van der Waals surface area contributed by atoms with Crippen LogP contribution in [0.3, 0.4) is 0 Å². The first-order chi connectivity index (χ1) is 13.8. The summed E-state index contributed by atoms with van der Waals surface area (Å²) < 4.78 is 0. The van der Waals surface area contributed by atoms with Gasteiger partial charge in [0.2, 0.25) is 5.91 Å². The average molecular weight is 396 g/mol. The number of carbonyl (C=O) groups is 3. The van der Waals surface area contributed by atoms with Gasteiger partial charge in [-0.1, -0.05) is 18.2 Å². The maximum Gasteiger partial charge on any atom is 0.325 e. The van der Waals surface area contributed by atoms with Gasteiger partial charge in [0, 0.05) is 24.4 Å². The van der Waals surface area contributed by atoms with Gasteiger partial charge in [0.15, 0.2) is 0 Å². The molecule has 1 aliphatic rings. The van der Waals surface area contributed by atoms with Crippen LogP contribution >= 0.6 is 0 Å². The van der Waals surface area contributed by atoms with Gasteiger partial charge in [-0.3, -0.25) is 24.6 Å². The van der Waals surface area contributed by atoms with Crippen LogP contribution in [0, 0.1) is 10.1 Å². The number of para-hydroxylation sites is 1. The van der Waals surface area contributed by atoms with Crippen LogP contribution in [0.4, 0.5) is 16.2 Å². The number of carbonyl (C=O) groups excluding carboxylic acids is 3. The Morgan fingerprint density at radius 1 is 1.14 bits per heavy atom. The molecule has 1 saturated heterocycles. The molecular weight excluding hydrogens is 376 g/mol. The summed E-state index contributed by atoms with van der Waals surface area (Å²) in [4.78, 5) is 50.8. The minimum atomic E-state index is -1.41. The Bertz CT molecular complexity index is 961. The topological polar surface area (TPSA) is 113 Å². The zero-order valence-electron chi connectivity index (χ0n) is 16.0. The van der Waals surface area contributed by atoms with E-state index in [0.29, 0.717) is 17.8 Å². The zero-order chi connectivity index (χ0) is 21.2. The number of nitrogens with one attached hydrogen (secondary N) is 1. The molecule has 0 aliphatic carbocycles. The summed E-state index contributed by atoms with van der Waals surface area (Å²) in [6, 6.07) is 13.7. The summed E-state index contributed by atoms with van der Waals surface area (Å²) in [5, 5.41) is 13.4. The van der Waals surface area contributed by atoms with Crippen molar-refractivity contribution in [3.63, 3.8) is 0 Å². The molecule has 1 aliphatic heterocycles. The molecule has 9 heteroatoms. The maximum absolute atomic E-state index is 13.0. The van der Waals surface area contributed by atoms with E-state index in [2.05, 4.69) is 5.32 Å². The fourth-order valence-electron chi connectivity index (χ4n) is 3.28. The second-order valence-corrected chi connectivity index (χ2v) is 6.72. The zero-order valence-corrected chi connectivity index (χ0v) is 16.0. The number of hydrogen-bond acceptors (Lipinski definition) is 5. The molecule has 1 heterocycles. The third-order valence-corrected chi connectivity index (χ3v) is 4.91. The molecule has 0 saturated carbocycles. The number of urea groups is 1. The Morgan fingerprint density at radius 3 is 2.31 bits per heavy atom. The lowest BCUT2D eigenvalue weighted by atomic mass is 9.92. The van der Waals surface area contributed by atoms with Crippen LogP contribution in [0.15, 0.2) is 54.6 Å². The lowest BCUT2D eigenvalue weighted by molar-refractivity contribution is -0.384. The summed E-state index contributed by atoms with van der Waals surface area (Å²) in [5.74, 6) is -0.982. The van der Waals surface area contributed by atoms with Crippen molar-refractivity contribution in [3.8, 4) is 0 Å². The van der Waals surface area contributed by atoms with E-state index in [1.807, 2.05) is 6.07 Å².